The highest BCUT2D eigenvalue weighted by Gasteiger charge is 2.72. The number of pyridine rings is 1. The standard InChI is InChI=1S/C27H28ClN3O2S/c1-14-10-15(28)11-19(17(14)6-8-26(2,3)29)18-7-9-30-20-12-16(34-23(18)20)13-31-24(32)21-22(25(31)33)27(21,4)5/h6-12,21-22H,13,29H2,1-5H3/b8-6+. The van der Waals surface area contributed by atoms with Gasteiger partial charge in [0.05, 0.1) is 28.6 Å². The van der Waals surface area contributed by atoms with E-state index in [9.17, 15) is 9.59 Å². The molecular formula is C27H28ClN3O2S. The van der Waals surface area contributed by atoms with Crippen molar-refractivity contribution in [2.45, 2.75) is 46.7 Å². The van der Waals surface area contributed by atoms with Crippen LogP contribution in [0.3, 0.4) is 0 Å². The number of amides is 2. The van der Waals surface area contributed by atoms with Crippen LogP contribution in [0.25, 0.3) is 27.4 Å². The van der Waals surface area contributed by atoms with Gasteiger partial charge in [-0.15, -0.1) is 11.3 Å². The third kappa shape index (κ3) is 3.78. The number of nitrogens with two attached hydrogens (primary N) is 1. The summed E-state index contributed by atoms with van der Waals surface area (Å²) in [6, 6.07) is 7.89. The summed E-state index contributed by atoms with van der Waals surface area (Å²) in [7, 11) is 0. The summed E-state index contributed by atoms with van der Waals surface area (Å²) in [5.41, 5.74) is 10.5. The summed E-state index contributed by atoms with van der Waals surface area (Å²) in [4.78, 5) is 32.6. The van der Waals surface area contributed by atoms with Crippen molar-refractivity contribution in [3.63, 3.8) is 0 Å². The van der Waals surface area contributed by atoms with Crippen molar-refractivity contribution in [3.8, 4) is 11.1 Å². The Bertz CT molecular complexity index is 1360. The van der Waals surface area contributed by atoms with Crippen molar-refractivity contribution >= 4 is 51.0 Å². The molecule has 1 aromatic carbocycles. The van der Waals surface area contributed by atoms with Gasteiger partial charge in [-0.2, -0.15) is 0 Å². The van der Waals surface area contributed by atoms with Crippen LogP contribution in [-0.2, 0) is 16.1 Å². The number of benzene rings is 1. The molecule has 176 valence electrons. The number of carbonyl (C=O) groups is 2. The smallest absolute Gasteiger partial charge is 0.234 e. The average molecular weight is 494 g/mol. The van der Waals surface area contributed by atoms with Crippen LogP contribution in [-0.4, -0.2) is 27.2 Å². The summed E-state index contributed by atoms with van der Waals surface area (Å²) < 4.78 is 1.01. The molecule has 2 fully saturated rings. The summed E-state index contributed by atoms with van der Waals surface area (Å²) in [6.45, 7) is 10.2. The Morgan fingerprint density at radius 1 is 1.18 bits per heavy atom. The van der Waals surface area contributed by atoms with Crippen LogP contribution in [0.4, 0.5) is 0 Å². The first-order valence-corrected chi connectivity index (χ1v) is 12.6. The Kier molecular flexibility index (Phi) is 5.28. The Hall–Kier alpha value is -2.54. The van der Waals surface area contributed by atoms with Crippen LogP contribution in [0.5, 0.6) is 0 Å². The minimum atomic E-state index is -0.447. The first-order chi connectivity index (χ1) is 15.9. The maximum Gasteiger partial charge on any atom is 0.234 e. The molecule has 0 spiro atoms. The van der Waals surface area contributed by atoms with E-state index in [2.05, 4.69) is 11.1 Å². The van der Waals surface area contributed by atoms with Gasteiger partial charge in [-0.3, -0.25) is 19.5 Å². The number of rotatable bonds is 5. The number of likely N-dealkylation sites (tertiary alicyclic amines) is 1. The number of imide groups is 1. The number of fused-ring (bicyclic) bond motifs is 2. The minimum absolute atomic E-state index is 0.0482. The molecule has 5 rings (SSSR count). The maximum atomic E-state index is 12.8. The molecule has 3 aromatic rings. The maximum absolute atomic E-state index is 12.8. The topological polar surface area (TPSA) is 76.3 Å². The third-order valence-corrected chi connectivity index (χ3v) is 8.35. The quantitative estimate of drug-likeness (QED) is 0.454. The van der Waals surface area contributed by atoms with E-state index in [1.54, 1.807) is 17.5 Å². The molecule has 2 aromatic heterocycles. The zero-order valence-corrected chi connectivity index (χ0v) is 21.6. The lowest BCUT2D eigenvalue weighted by Crippen LogP contribution is -2.35. The molecule has 1 saturated carbocycles. The molecule has 2 unspecified atom stereocenters. The molecule has 0 radical (unpaired) electrons. The van der Waals surface area contributed by atoms with Crippen LogP contribution < -0.4 is 5.73 Å². The summed E-state index contributed by atoms with van der Waals surface area (Å²) >= 11 is 8.03. The van der Waals surface area contributed by atoms with E-state index in [4.69, 9.17) is 17.3 Å². The number of aryl methyl sites for hydroxylation is 1. The Labute approximate surface area is 208 Å². The fourth-order valence-electron chi connectivity index (χ4n) is 5.09. The lowest BCUT2D eigenvalue weighted by Gasteiger charge is -2.19. The predicted octanol–water partition coefficient (Wildman–Crippen LogP) is 5.82. The van der Waals surface area contributed by atoms with E-state index in [0.29, 0.717) is 11.6 Å². The summed E-state index contributed by atoms with van der Waals surface area (Å²) in [6.07, 6.45) is 5.83. The monoisotopic (exact) mass is 493 g/mol. The Morgan fingerprint density at radius 3 is 2.50 bits per heavy atom. The van der Waals surface area contributed by atoms with Crippen molar-refractivity contribution in [2.24, 2.45) is 23.0 Å². The highest BCUT2D eigenvalue weighted by atomic mass is 35.5. The second-order valence-corrected chi connectivity index (χ2v) is 12.2. The predicted molar refractivity (Wildman–Crippen MR) is 138 cm³/mol. The molecule has 2 N–H and O–H groups in total. The van der Waals surface area contributed by atoms with Gasteiger partial charge in [0.25, 0.3) is 0 Å². The number of halogens is 1. The van der Waals surface area contributed by atoms with E-state index in [-0.39, 0.29) is 29.1 Å². The van der Waals surface area contributed by atoms with Gasteiger partial charge in [-0.25, -0.2) is 0 Å². The van der Waals surface area contributed by atoms with Crippen LogP contribution in [0, 0.1) is 24.2 Å². The largest absolute Gasteiger partial charge is 0.322 e. The second-order valence-electron chi connectivity index (χ2n) is 10.7. The van der Waals surface area contributed by atoms with Gasteiger partial charge >= 0.3 is 0 Å². The highest BCUT2D eigenvalue weighted by Crippen LogP contribution is 2.63. The number of aromatic nitrogens is 1. The molecule has 7 heteroatoms. The number of hydrogen-bond acceptors (Lipinski definition) is 5. The zero-order valence-electron chi connectivity index (χ0n) is 20.0. The van der Waals surface area contributed by atoms with Crippen LogP contribution in [0.1, 0.15) is 43.7 Å². The SMILES string of the molecule is Cc1cc(Cl)cc(-c2ccnc3cc(CN4C(=O)C5C(C4=O)C5(C)C)sc23)c1/C=C/C(C)(C)N. The molecule has 1 aliphatic heterocycles. The van der Waals surface area contributed by atoms with Crippen LogP contribution >= 0.6 is 22.9 Å². The zero-order chi connectivity index (χ0) is 24.6. The molecule has 2 aliphatic rings. The summed E-state index contributed by atoms with van der Waals surface area (Å²) in [5.74, 6) is -0.432. The van der Waals surface area contributed by atoms with Gasteiger partial charge in [-0.1, -0.05) is 37.6 Å². The van der Waals surface area contributed by atoms with Crippen molar-refractivity contribution < 1.29 is 9.59 Å². The molecular weight excluding hydrogens is 466 g/mol. The van der Waals surface area contributed by atoms with E-state index < -0.39 is 5.54 Å². The lowest BCUT2D eigenvalue weighted by molar-refractivity contribution is -0.143. The molecule has 1 saturated heterocycles. The fraction of sp³-hybridized carbons (Fsp3) is 0.370. The fourth-order valence-corrected chi connectivity index (χ4v) is 6.49. The van der Waals surface area contributed by atoms with Gasteiger partial charge in [0.2, 0.25) is 11.8 Å². The minimum Gasteiger partial charge on any atom is -0.322 e. The second kappa shape index (κ2) is 7.74. The molecule has 5 nitrogen and oxygen atoms in total. The van der Waals surface area contributed by atoms with Crippen LogP contribution in [0.15, 0.2) is 36.5 Å². The molecule has 2 atom stereocenters. The van der Waals surface area contributed by atoms with Gasteiger partial charge in [0, 0.05) is 27.2 Å². The first kappa shape index (κ1) is 23.2. The van der Waals surface area contributed by atoms with Gasteiger partial charge in [0.1, 0.15) is 0 Å². The molecule has 1 aliphatic carbocycles. The van der Waals surface area contributed by atoms with Crippen molar-refractivity contribution in [3.05, 3.63) is 57.6 Å². The van der Waals surface area contributed by atoms with Crippen molar-refractivity contribution in [1.82, 2.24) is 9.88 Å². The highest BCUT2D eigenvalue weighted by molar-refractivity contribution is 7.19. The third-order valence-electron chi connectivity index (χ3n) is 6.99. The number of piperidine rings is 1. The van der Waals surface area contributed by atoms with Gasteiger partial charge in [0.15, 0.2) is 0 Å². The normalized spacial score (nSPS) is 21.7. The number of thiophene rings is 1. The Morgan fingerprint density at radius 2 is 1.85 bits per heavy atom. The van der Waals surface area contributed by atoms with Crippen molar-refractivity contribution in [1.29, 1.82) is 0 Å². The summed E-state index contributed by atoms with van der Waals surface area (Å²) in [5, 5.41) is 0.661. The Balaban J connectivity index is 1.54. The van der Waals surface area contributed by atoms with E-state index in [0.717, 1.165) is 37.3 Å². The van der Waals surface area contributed by atoms with E-state index in [1.165, 1.54) is 4.90 Å². The molecule has 3 heterocycles. The number of nitrogens with zero attached hydrogens (tertiary/aromatic N) is 2. The van der Waals surface area contributed by atoms with E-state index in [1.807, 2.05) is 65.0 Å². The lowest BCUT2D eigenvalue weighted by atomic mass is 9.94. The first-order valence-electron chi connectivity index (χ1n) is 11.4. The molecule has 2 amide bonds. The average Bonchev–Trinajstić information content (AvgIpc) is 2.99. The number of hydrogen-bond donors (Lipinski definition) is 1. The molecule has 34 heavy (non-hydrogen) atoms. The van der Waals surface area contributed by atoms with Gasteiger partial charge < -0.3 is 5.73 Å². The van der Waals surface area contributed by atoms with Gasteiger partial charge in [-0.05, 0) is 67.1 Å². The molecule has 0 bridgehead atoms. The van der Waals surface area contributed by atoms with E-state index >= 15 is 0 Å². The number of carbonyl (C=O) groups excluding carboxylic acids is 2. The van der Waals surface area contributed by atoms with Crippen molar-refractivity contribution in [2.75, 3.05) is 0 Å². The van der Waals surface area contributed by atoms with Crippen LogP contribution in [0.2, 0.25) is 5.02 Å².